The summed E-state index contributed by atoms with van der Waals surface area (Å²) in [6.45, 7) is 5.43. The fraction of sp³-hybridized carbons (Fsp3) is 0.619. The number of likely N-dealkylation sites (tertiary alicyclic amines) is 1. The third-order valence-corrected chi connectivity index (χ3v) is 5.82. The molecule has 0 unspecified atom stereocenters. The summed E-state index contributed by atoms with van der Waals surface area (Å²) in [6.07, 6.45) is 4.75. The topological polar surface area (TPSA) is 56.7 Å². The molecule has 156 valence electrons. The van der Waals surface area contributed by atoms with Gasteiger partial charge in [-0.2, -0.15) is 0 Å². The number of halogens is 2. The monoisotopic (exact) mass is 502 g/mol. The first-order valence-electron chi connectivity index (χ1n) is 10.1. The van der Waals surface area contributed by atoms with Gasteiger partial charge >= 0.3 is 0 Å². The summed E-state index contributed by atoms with van der Waals surface area (Å²) in [5.41, 5.74) is 1.06. The molecule has 1 saturated carbocycles. The molecule has 0 radical (unpaired) electrons. The van der Waals surface area contributed by atoms with Gasteiger partial charge in [-0.1, -0.05) is 12.1 Å². The van der Waals surface area contributed by atoms with Crippen LogP contribution in [0.5, 0.6) is 0 Å². The van der Waals surface area contributed by atoms with Crippen molar-refractivity contribution in [2.75, 3.05) is 33.2 Å². The first-order valence-corrected chi connectivity index (χ1v) is 10.1. The van der Waals surface area contributed by atoms with Crippen molar-refractivity contribution in [1.82, 2.24) is 15.5 Å². The second-order valence-corrected chi connectivity index (χ2v) is 7.77. The van der Waals surface area contributed by atoms with Gasteiger partial charge in [-0.25, -0.2) is 4.39 Å². The molecular weight excluding hydrogens is 470 g/mol. The summed E-state index contributed by atoms with van der Waals surface area (Å²) in [5, 5.41) is 6.12. The average Bonchev–Trinajstić information content (AvgIpc) is 3.47. The first kappa shape index (κ1) is 22.9. The van der Waals surface area contributed by atoms with Gasteiger partial charge in [0.05, 0.1) is 6.54 Å². The molecule has 3 rings (SSSR count). The fourth-order valence-corrected chi connectivity index (χ4v) is 3.87. The maximum absolute atomic E-state index is 13.6. The van der Waals surface area contributed by atoms with E-state index in [0.717, 1.165) is 56.8 Å². The van der Waals surface area contributed by atoms with E-state index in [0.29, 0.717) is 18.9 Å². The Hall–Kier alpha value is -1.38. The van der Waals surface area contributed by atoms with Crippen molar-refractivity contribution in [3.05, 3.63) is 35.6 Å². The summed E-state index contributed by atoms with van der Waals surface area (Å²) in [7, 11) is 1.69. The van der Waals surface area contributed by atoms with Gasteiger partial charge in [0.25, 0.3) is 0 Å². The Morgan fingerprint density at radius 1 is 1.32 bits per heavy atom. The molecular formula is C21H32FIN4O. The number of hydrogen-bond acceptors (Lipinski definition) is 2. The van der Waals surface area contributed by atoms with Crippen molar-refractivity contribution in [3.8, 4) is 0 Å². The molecule has 1 heterocycles. The zero-order valence-corrected chi connectivity index (χ0v) is 19.2. The van der Waals surface area contributed by atoms with Crippen LogP contribution in [0.4, 0.5) is 4.39 Å². The lowest BCUT2D eigenvalue weighted by Gasteiger charge is -2.34. The van der Waals surface area contributed by atoms with Crippen LogP contribution in [-0.2, 0) is 10.2 Å². The van der Waals surface area contributed by atoms with Crippen LogP contribution in [0.1, 0.15) is 44.6 Å². The third kappa shape index (κ3) is 5.81. The molecule has 5 nitrogen and oxygen atoms in total. The minimum atomic E-state index is -0.173. The van der Waals surface area contributed by atoms with E-state index in [1.54, 1.807) is 19.2 Å². The lowest BCUT2D eigenvalue weighted by atomic mass is 9.93. The van der Waals surface area contributed by atoms with Crippen molar-refractivity contribution in [2.24, 2.45) is 10.9 Å². The summed E-state index contributed by atoms with van der Waals surface area (Å²) in [6, 6.07) is 6.95. The zero-order valence-electron chi connectivity index (χ0n) is 16.8. The van der Waals surface area contributed by atoms with Gasteiger partial charge in [0.1, 0.15) is 5.82 Å². The fourth-order valence-electron chi connectivity index (χ4n) is 3.87. The van der Waals surface area contributed by atoms with Crippen molar-refractivity contribution in [3.63, 3.8) is 0 Å². The van der Waals surface area contributed by atoms with E-state index in [2.05, 4.69) is 22.5 Å². The second kappa shape index (κ2) is 10.4. The number of hydrogen-bond donors (Lipinski definition) is 2. The van der Waals surface area contributed by atoms with Gasteiger partial charge in [-0.3, -0.25) is 9.79 Å². The quantitative estimate of drug-likeness (QED) is 0.357. The number of nitrogens with zero attached hydrogens (tertiary/aromatic N) is 2. The molecule has 0 bridgehead atoms. The highest BCUT2D eigenvalue weighted by atomic mass is 127. The molecule has 0 spiro atoms. The molecule has 7 heteroatoms. The molecule has 1 saturated heterocycles. The van der Waals surface area contributed by atoms with Gasteiger partial charge < -0.3 is 15.5 Å². The SMILES string of the molecule is CCNC(=NCC1(c2cccc(F)c2)CC1)N1CCC(CC(=O)NC)CC1.I. The van der Waals surface area contributed by atoms with Crippen LogP contribution in [0.15, 0.2) is 29.3 Å². The van der Waals surface area contributed by atoms with Crippen molar-refractivity contribution in [2.45, 2.75) is 44.4 Å². The number of piperidine rings is 1. The van der Waals surface area contributed by atoms with Crippen molar-refractivity contribution < 1.29 is 9.18 Å². The van der Waals surface area contributed by atoms with Crippen LogP contribution in [0.3, 0.4) is 0 Å². The highest BCUT2D eigenvalue weighted by molar-refractivity contribution is 14.0. The van der Waals surface area contributed by atoms with Gasteiger partial charge in [-0.05, 0) is 56.2 Å². The van der Waals surface area contributed by atoms with Crippen LogP contribution in [0.25, 0.3) is 0 Å². The van der Waals surface area contributed by atoms with Gasteiger partial charge in [-0.15, -0.1) is 24.0 Å². The predicted octanol–water partition coefficient (Wildman–Crippen LogP) is 3.29. The maximum atomic E-state index is 13.6. The molecule has 1 aliphatic carbocycles. The van der Waals surface area contributed by atoms with E-state index in [4.69, 9.17) is 4.99 Å². The molecule has 28 heavy (non-hydrogen) atoms. The molecule has 1 aromatic rings. The van der Waals surface area contributed by atoms with E-state index in [9.17, 15) is 9.18 Å². The number of carbonyl (C=O) groups is 1. The third-order valence-electron chi connectivity index (χ3n) is 5.82. The smallest absolute Gasteiger partial charge is 0.220 e. The van der Waals surface area contributed by atoms with Crippen molar-refractivity contribution in [1.29, 1.82) is 0 Å². The van der Waals surface area contributed by atoms with E-state index >= 15 is 0 Å². The number of amides is 1. The molecule has 2 fully saturated rings. The molecule has 1 amide bonds. The lowest BCUT2D eigenvalue weighted by Crippen LogP contribution is -2.46. The van der Waals surface area contributed by atoms with E-state index in [-0.39, 0.29) is 41.1 Å². The first-order chi connectivity index (χ1) is 13.1. The van der Waals surface area contributed by atoms with E-state index < -0.39 is 0 Å². The Labute approximate surface area is 184 Å². The van der Waals surface area contributed by atoms with Gasteiger partial charge in [0.15, 0.2) is 5.96 Å². The average molecular weight is 502 g/mol. The summed E-state index contributed by atoms with van der Waals surface area (Å²) >= 11 is 0. The van der Waals surface area contributed by atoms with Gasteiger partial charge in [0, 0.05) is 38.5 Å². The largest absolute Gasteiger partial charge is 0.359 e. The number of benzene rings is 1. The highest BCUT2D eigenvalue weighted by Crippen LogP contribution is 2.48. The minimum absolute atomic E-state index is 0. The summed E-state index contributed by atoms with van der Waals surface area (Å²) in [4.78, 5) is 18.8. The van der Waals surface area contributed by atoms with Crippen LogP contribution in [0, 0.1) is 11.7 Å². The lowest BCUT2D eigenvalue weighted by molar-refractivity contribution is -0.121. The molecule has 0 aromatic heterocycles. The zero-order chi connectivity index (χ0) is 19.3. The summed E-state index contributed by atoms with van der Waals surface area (Å²) in [5.74, 6) is 1.34. The second-order valence-electron chi connectivity index (χ2n) is 7.77. The van der Waals surface area contributed by atoms with E-state index in [1.165, 1.54) is 6.07 Å². The highest BCUT2D eigenvalue weighted by Gasteiger charge is 2.44. The van der Waals surface area contributed by atoms with E-state index in [1.807, 2.05) is 6.07 Å². The Morgan fingerprint density at radius 2 is 2.04 bits per heavy atom. The van der Waals surface area contributed by atoms with Crippen LogP contribution in [-0.4, -0.2) is 50.0 Å². The Balaban J connectivity index is 0.00000280. The maximum Gasteiger partial charge on any atom is 0.220 e. The predicted molar refractivity (Wildman–Crippen MR) is 122 cm³/mol. The Bertz CT molecular complexity index is 685. The molecule has 2 aliphatic rings. The molecule has 2 N–H and O–H groups in total. The Kier molecular flexibility index (Phi) is 8.52. The van der Waals surface area contributed by atoms with Crippen LogP contribution < -0.4 is 10.6 Å². The Morgan fingerprint density at radius 3 is 2.61 bits per heavy atom. The van der Waals surface area contributed by atoms with Crippen LogP contribution >= 0.6 is 24.0 Å². The number of aliphatic imine (C=N–C) groups is 1. The number of guanidine groups is 1. The summed E-state index contributed by atoms with van der Waals surface area (Å²) < 4.78 is 13.6. The van der Waals surface area contributed by atoms with Gasteiger partial charge in [0.2, 0.25) is 5.91 Å². The number of rotatable bonds is 6. The number of carbonyl (C=O) groups excluding carboxylic acids is 1. The van der Waals surface area contributed by atoms with Crippen molar-refractivity contribution >= 4 is 35.8 Å². The standard InChI is InChI=1S/C21H31FN4O.HI/c1-3-24-20(26-11-7-16(8-12-26)13-19(27)23-2)25-15-21(9-10-21)17-5-4-6-18(22)14-17;/h4-6,14,16H,3,7-13,15H2,1-2H3,(H,23,27)(H,24,25);1H. The molecule has 0 atom stereocenters. The van der Waals surface area contributed by atoms with Crippen LogP contribution in [0.2, 0.25) is 0 Å². The minimum Gasteiger partial charge on any atom is -0.359 e. The normalized spacial score (nSPS) is 19.0. The molecule has 1 aromatic carbocycles. The molecule has 1 aliphatic heterocycles. The number of nitrogens with one attached hydrogen (secondary N) is 2.